The fourth-order valence-electron chi connectivity index (χ4n) is 1.44. The van der Waals surface area contributed by atoms with Gasteiger partial charge in [-0.05, 0) is 40.5 Å². The third kappa shape index (κ3) is 10.6. The summed E-state index contributed by atoms with van der Waals surface area (Å²) >= 11 is 11.2. The molecule has 10 heteroatoms. The number of alkyl halides is 2. The van der Waals surface area contributed by atoms with E-state index in [1.165, 1.54) is 0 Å². The quantitative estimate of drug-likeness (QED) is 0.234. The topological polar surface area (TPSA) is 71.1 Å². The molecule has 0 bridgehead atoms. The maximum Gasteiger partial charge on any atom is 0.345 e. The second-order valence-electron chi connectivity index (χ2n) is 5.14. The maximum atomic E-state index is 12.1. The van der Waals surface area contributed by atoms with Gasteiger partial charge in [0, 0.05) is 0 Å². The average molecular weight is 399 g/mol. The molecular formula is C12H26Cl2O6P2. The maximum absolute atomic E-state index is 12.1. The van der Waals surface area contributed by atoms with Crippen molar-refractivity contribution in [2.24, 2.45) is 0 Å². The highest BCUT2D eigenvalue weighted by Gasteiger charge is 2.26. The van der Waals surface area contributed by atoms with Crippen molar-refractivity contribution in [3.05, 3.63) is 0 Å². The molecule has 0 N–H and O–H groups in total. The van der Waals surface area contributed by atoms with Gasteiger partial charge in [0.2, 0.25) is 0 Å². The molecule has 0 fully saturated rings. The Hall–Kier alpha value is 0.880. The van der Waals surface area contributed by atoms with Crippen molar-refractivity contribution >= 4 is 38.4 Å². The zero-order valence-electron chi connectivity index (χ0n) is 13.5. The van der Waals surface area contributed by atoms with Gasteiger partial charge in [-0.15, -0.1) is 23.2 Å². The molecular weight excluding hydrogens is 373 g/mol. The summed E-state index contributed by atoms with van der Waals surface area (Å²) in [6.45, 7) is 7.47. The van der Waals surface area contributed by atoms with E-state index in [2.05, 4.69) is 0 Å². The molecule has 0 saturated carbocycles. The monoisotopic (exact) mass is 398 g/mol. The summed E-state index contributed by atoms with van der Waals surface area (Å²) in [5, 5.41) is 0. The zero-order chi connectivity index (χ0) is 17.2. The Bertz CT molecular complexity index is 356. The summed E-state index contributed by atoms with van der Waals surface area (Å²) in [5.74, 6) is 0. The minimum atomic E-state index is -3.24. The van der Waals surface area contributed by atoms with E-state index < -0.39 is 15.2 Å². The molecule has 0 aliphatic carbocycles. The zero-order valence-corrected chi connectivity index (χ0v) is 16.8. The van der Waals surface area contributed by atoms with Crippen LogP contribution in [0.3, 0.4) is 0 Å². The molecule has 0 amide bonds. The number of hydrogen-bond donors (Lipinski definition) is 0. The van der Waals surface area contributed by atoms with Crippen LogP contribution in [0, 0.1) is 0 Å². The van der Waals surface area contributed by atoms with Crippen LogP contribution < -0.4 is 0 Å². The van der Waals surface area contributed by atoms with Gasteiger partial charge in [-0.3, -0.25) is 9.13 Å². The molecule has 0 spiro atoms. The molecule has 0 rings (SSSR count). The molecule has 2 atom stereocenters. The molecule has 22 heavy (non-hydrogen) atoms. The summed E-state index contributed by atoms with van der Waals surface area (Å²) in [5.41, 5.74) is -0.378. The fraction of sp³-hybridized carbons (Fsp3) is 1.00. The first-order valence-electron chi connectivity index (χ1n) is 7.12. The van der Waals surface area contributed by atoms with Gasteiger partial charge < -0.3 is 18.1 Å². The van der Waals surface area contributed by atoms with E-state index in [0.717, 1.165) is 0 Å². The lowest BCUT2D eigenvalue weighted by Gasteiger charge is -2.19. The second kappa shape index (κ2) is 11.4. The predicted octanol–water partition coefficient (Wildman–Crippen LogP) is 5.43. The van der Waals surface area contributed by atoms with Crippen LogP contribution >= 0.6 is 38.4 Å². The van der Waals surface area contributed by atoms with Crippen molar-refractivity contribution in [1.29, 1.82) is 0 Å². The van der Waals surface area contributed by atoms with E-state index >= 15 is 0 Å². The smallest absolute Gasteiger partial charge is 0.308 e. The first-order chi connectivity index (χ1) is 10.2. The van der Waals surface area contributed by atoms with Gasteiger partial charge in [-0.25, -0.2) is 0 Å². The Morgan fingerprint density at radius 1 is 0.773 bits per heavy atom. The first kappa shape index (κ1) is 22.9. The van der Waals surface area contributed by atoms with E-state index in [-0.39, 0.29) is 36.7 Å². The summed E-state index contributed by atoms with van der Waals surface area (Å²) in [4.78, 5) is 0. The highest BCUT2D eigenvalue weighted by molar-refractivity contribution is 7.55. The number of hydrogen-bond acceptors (Lipinski definition) is 6. The van der Waals surface area contributed by atoms with Crippen LogP contribution in [0.15, 0.2) is 0 Å². The molecule has 0 radical (unpaired) electrons. The third-order valence-electron chi connectivity index (χ3n) is 2.15. The van der Waals surface area contributed by atoms with Crippen molar-refractivity contribution in [1.82, 2.24) is 0 Å². The minimum absolute atomic E-state index is 0.189. The third-order valence-corrected chi connectivity index (χ3v) is 7.13. The highest BCUT2D eigenvalue weighted by Crippen LogP contribution is 2.51. The van der Waals surface area contributed by atoms with Gasteiger partial charge in [0.1, 0.15) is 11.2 Å². The molecule has 0 aromatic heterocycles. The molecule has 134 valence electrons. The Morgan fingerprint density at radius 2 is 1.09 bits per heavy atom. The highest BCUT2D eigenvalue weighted by atomic mass is 35.5. The minimum Gasteiger partial charge on any atom is -0.308 e. The lowest BCUT2D eigenvalue weighted by atomic mass is 10.3. The SMILES string of the molecule is CC(C)O[P@](=O)(CCl)OCCCCO[P@@](=O)(CCl)OC(C)C. The van der Waals surface area contributed by atoms with Gasteiger partial charge in [-0.1, -0.05) is 0 Å². The number of halogens is 2. The largest absolute Gasteiger partial charge is 0.345 e. The molecule has 0 aromatic rings. The normalized spacial score (nSPS) is 17.6. The molecule has 6 nitrogen and oxygen atoms in total. The van der Waals surface area contributed by atoms with Crippen LogP contribution in [0.1, 0.15) is 40.5 Å². The average Bonchev–Trinajstić information content (AvgIpc) is 2.41. The Balaban J connectivity index is 3.98. The second-order valence-corrected chi connectivity index (χ2v) is 10.4. The molecule has 0 saturated heterocycles. The first-order valence-corrected chi connectivity index (χ1v) is 11.6. The Kier molecular flexibility index (Phi) is 11.9. The van der Waals surface area contributed by atoms with Crippen molar-refractivity contribution in [2.45, 2.75) is 52.7 Å². The number of unbranched alkanes of at least 4 members (excludes halogenated alkanes) is 1. The number of rotatable bonds is 13. The summed E-state index contributed by atoms with van der Waals surface area (Å²) in [6.07, 6.45) is 0.671. The van der Waals surface area contributed by atoms with Crippen LogP contribution in [0.2, 0.25) is 0 Å². The molecule has 0 aliphatic heterocycles. The lowest BCUT2D eigenvalue weighted by molar-refractivity contribution is 0.156. The van der Waals surface area contributed by atoms with Crippen molar-refractivity contribution in [2.75, 3.05) is 24.5 Å². The van der Waals surface area contributed by atoms with Crippen LogP contribution in [-0.4, -0.2) is 36.7 Å². The standard InChI is InChI=1S/C12H26Cl2O6P2/c1-11(2)19-21(15,9-13)17-7-5-6-8-18-22(16,10-14)20-12(3)4/h11-12H,5-10H2,1-4H3/t21-,22-/m0/s1. The predicted molar refractivity (Wildman–Crippen MR) is 90.2 cm³/mol. The van der Waals surface area contributed by atoms with Crippen LogP contribution in [-0.2, 0) is 27.2 Å². The van der Waals surface area contributed by atoms with Crippen LogP contribution in [0.25, 0.3) is 0 Å². The summed E-state index contributed by atoms with van der Waals surface area (Å²) in [7, 11) is -6.48. The van der Waals surface area contributed by atoms with Gasteiger partial charge >= 0.3 is 15.2 Å². The molecule has 0 aliphatic rings. The molecule has 0 heterocycles. The van der Waals surface area contributed by atoms with Gasteiger partial charge in [-0.2, -0.15) is 0 Å². The van der Waals surface area contributed by atoms with Crippen molar-refractivity contribution in [3.63, 3.8) is 0 Å². The van der Waals surface area contributed by atoms with Crippen LogP contribution in [0.5, 0.6) is 0 Å². The van der Waals surface area contributed by atoms with E-state index in [1.54, 1.807) is 27.7 Å². The fourth-order valence-corrected chi connectivity index (χ4v) is 4.66. The van der Waals surface area contributed by atoms with Gasteiger partial charge in [0.25, 0.3) is 0 Å². The van der Waals surface area contributed by atoms with Crippen molar-refractivity contribution in [3.8, 4) is 0 Å². The van der Waals surface area contributed by atoms with E-state index in [4.69, 9.17) is 41.3 Å². The van der Waals surface area contributed by atoms with Crippen LogP contribution in [0.4, 0.5) is 0 Å². The molecule has 0 aromatic carbocycles. The van der Waals surface area contributed by atoms with Gasteiger partial charge in [0.05, 0.1) is 25.4 Å². The summed E-state index contributed by atoms with van der Waals surface area (Å²) in [6, 6.07) is 0. The van der Waals surface area contributed by atoms with E-state index in [1.807, 2.05) is 0 Å². The Labute approximate surface area is 143 Å². The lowest BCUT2D eigenvalue weighted by Crippen LogP contribution is -2.07. The Morgan fingerprint density at radius 3 is 1.32 bits per heavy atom. The van der Waals surface area contributed by atoms with E-state index in [0.29, 0.717) is 12.8 Å². The van der Waals surface area contributed by atoms with Gasteiger partial charge in [0.15, 0.2) is 0 Å². The molecule has 0 unspecified atom stereocenters. The van der Waals surface area contributed by atoms with E-state index in [9.17, 15) is 9.13 Å². The summed E-state index contributed by atoms with van der Waals surface area (Å²) < 4.78 is 45.0. The van der Waals surface area contributed by atoms with Crippen molar-refractivity contribution < 1.29 is 27.2 Å².